The molecule has 0 aliphatic rings. The van der Waals surface area contributed by atoms with Gasteiger partial charge in [0.25, 0.3) is 0 Å². The fourth-order valence-electron chi connectivity index (χ4n) is 1.40. The molecule has 1 rings (SSSR count). The van der Waals surface area contributed by atoms with E-state index in [1.807, 2.05) is 24.7 Å². The number of nitrogens with one attached hydrogen (secondary N) is 2. The lowest BCUT2D eigenvalue weighted by Crippen LogP contribution is -2.31. The van der Waals surface area contributed by atoms with Crippen LogP contribution < -0.4 is 10.0 Å². The van der Waals surface area contributed by atoms with Gasteiger partial charge in [-0.1, -0.05) is 0 Å². The van der Waals surface area contributed by atoms with E-state index in [4.69, 9.17) is 0 Å². The minimum absolute atomic E-state index is 0.0343. The maximum atomic E-state index is 11.2. The molecule has 1 heterocycles. The van der Waals surface area contributed by atoms with Crippen LogP contribution in [-0.4, -0.2) is 37.3 Å². The average molecular weight is 246 g/mol. The molecule has 0 amide bonds. The van der Waals surface area contributed by atoms with Gasteiger partial charge in [-0.25, -0.2) is 18.1 Å². The predicted molar refractivity (Wildman–Crippen MR) is 62.5 cm³/mol. The maximum Gasteiger partial charge on any atom is 0.212 e. The predicted octanol–water partition coefficient (Wildman–Crippen LogP) is -0.380. The molecule has 0 fully saturated rings. The minimum Gasteiger partial charge on any atom is -0.337 e. The summed E-state index contributed by atoms with van der Waals surface area (Å²) >= 11 is 0. The summed E-state index contributed by atoms with van der Waals surface area (Å²) < 4.78 is 26.5. The van der Waals surface area contributed by atoms with E-state index in [-0.39, 0.29) is 11.8 Å². The zero-order valence-corrected chi connectivity index (χ0v) is 10.6. The largest absolute Gasteiger partial charge is 0.337 e. The van der Waals surface area contributed by atoms with E-state index in [1.54, 1.807) is 6.20 Å². The number of nitrogens with zero attached hydrogens (tertiary/aromatic N) is 2. The van der Waals surface area contributed by atoms with Gasteiger partial charge in [0.05, 0.1) is 11.8 Å². The summed E-state index contributed by atoms with van der Waals surface area (Å²) in [4.78, 5) is 4.19. The number of aromatic nitrogens is 2. The van der Waals surface area contributed by atoms with E-state index >= 15 is 0 Å². The Morgan fingerprint density at radius 2 is 2.25 bits per heavy atom. The normalized spacial score (nSPS) is 13.9. The number of rotatable bonds is 6. The van der Waals surface area contributed by atoms with Gasteiger partial charge in [-0.05, 0) is 14.0 Å². The molecule has 0 saturated carbocycles. The highest BCUT2D eigenvalue weighted by Gasteiger charge is 2.11. The van der Waals surface area contributed by atoms with E-state index in [9.17, 15) is 8.42 Å². The first-order valence-electron chi connectivity index (χ1n) is 5.08. The Bertz CT molecular complexity index is 426. The summed E-state index contributed by atoms with van der Waals surface area (Å²) in [6.07, 6.45) is 3.58. The molecule has 7 heteroatoms. The lowest BCUT2D eigenvalue weighted by atomic mass is 10.3. The zero-order valence-electron chi connectivity index (χ0n) is 9.77. The molecule has 0 aliphatic heterocycles. The molecule has 92 valence electrons. The molecule has 6 nitrogen and oxygen atoms in total. The van der Waals surface area contributed by atoms with Crippen LogP contribution in [0, 0.1) is 0 Å². The van der Waals surface area contributed by atoms with Crippen molar-refractivity contribution in [1.29, 1.82) is 0 Å². The summed E-state index contributed by atoms with van der Waals surface area (Å²) in [5.74, 6) is 0.958. The second-order valence-electron chi connectivity index (χ2n) is 3.60. The Hall–Kier alpha value is -0.920. The molecule has 1 atom stereocenters. The molecule has 0 saturated heterocycles. The van der Waals surface area contributed by atoms with Crippen LogP contribution in [0.25, 0.3) is 0 Å². The van der Waals surface area contributed by atoms with Crippen molar-refractivity contribution in [2.75, 3.05) is 19.3 Å². The lowest BCUT2D eigenvalue weighted by Gasteiger charge is -2.13. The van der Waals surface area contributed by atoms with Gasteiger partial charge in [-0.15, -0.1) is 0 Å². The van der Waals surface area contributed by atoms with E-state index in [1.165, 1.54) is 7.05 Å². The summed E-state index contributed by atoms with van der Waals surface area (Å²) in [7, 11) is 0.188. The topological polar surface area (TPSA) is 76.0 Å². The SMILES string of the molecule is CNS(=O)(=O)CCNC(C)c1nccn1C. The van der Waals surface area contributed by atoms with E-state index in [0.717, 1.165) is 5.82 Å². The zero-order chi connectivity index (χ0) is 12.2. The first-order chi connectivity index (χ1) is 7.46. The van der Waals surface area contributed by atoms with Crippen LogP contribution in [-0.2, 0) is 17.1 Å². The smallest absolute Gasteiger partial charge is 0.212 e. The van der Waals surface area contributed by atoms with Gasteiger partial charge in [0.2, 0.25) is 10.0 Å². The Labute approximate surface area is 96.1 Å². The maximum absolute atomic E-state index is 11.2. The fraction of sp³-hybridized carbons (Fsp3) is 0.667. The molecule has 0 aromatic carbocycles. The molecule has 2 N–H and O–H groups in total. The second kappa shape index (κ2) is 5.42. The Morgan fingerprint density at radius 1 is 1.56 bits per heavy atom. The second-order valence-corrected chi connectivity index (χ2v) is 5.64. The molecule has 1 aromatic heterocycles. The highest BCUT2D eigenvalue weighted by molar-refractivity contribution is 7.89. The Morgan fingerprint density at radius 3 is 2.75 bits per heavy atom. The monoisotopic (exact) mass is 246 g/mol. The van der Waals surface area contributed by atoms with Crippen molar-refractivity contribution in [3.8, 4) is 0 Å². The number of hydrogen-bond donors (Lipinski definition) is 2. The average Bonchev–Trinajstić information content (AvgIpc) is 2.64. The number of sulfonamides is 1. The van der Waals surface area contributed by atoms with Gasteiger partial charge in [0.1, 0.15) is 5.82 Å². The van der Waals surface area contributed by atoms with Crippen molar-refractivity contribution in [2.45, 2.75) is 13.0 Å². The highest BCUT2D eigenvalue weighted by Crippen LogP contribution is 2.07. The highest BCUT2D eigenvalue weighted by atomic mass is 32.2. The third-order valence-electron chi connectivity index (χ3n) is 2.38. The lowest BCUT2D eigenvalue weighted by molar-refractivity contribution is 0.539. The summed E-state index contributed by atoms with van der Waals surface area (Å²) in [6.45, 7) is 2.35. The molecule has 0 spiro atoms. The van der Waals surface area contributed by atoms with Crippen LogP contribution in [0.1, 0.15) is 18.8 Å². The molecule has 0 bridgehead atoms. The minimum atomic E-state index is -3.13. The van der Waals surface area contributed by atoms with Gasteiger partial charge >= 0.3 is 0 Å². The third-order valence-corrected chi connectivity index (χ3v) is 3.74. The Balaban J connectivity index is 2.43. The van der Waals surface area contributed by atoms with E-state index in [2.05, 4.69) is 15.0 Å². The molecular weight excluding hydrogens is 228 g/mol. The van der Waals surface area contributed by atoms with Gasteiger partial charge in [0.15, 0.2) is 0 Å². The van der Waals surface area contributed by atoms with Crippen LogP contribution in [0.2, 0.25) is 0 Å². The van der Waals surface area contributed by atoms with Gasteiger partial charge in [-0.3, -0.25) is 0 Å². The van der Waals surface area contributed by atoms with Crippen LogP contribution in [0.3, 0.4) is 0 Å². The number of imidazole rings is 1. The van der Waals surface area contributed by atoms with Crippen molar-refractivity contribution < 1.29 is 8.42 Å². The van der Waals surface area contributed by atoms with E-state index in [0.29, 0.717) is 6.54 Å². The first-order valence-corrected chi connectivity index (χ1v) is 6.73. The Kier molecular flexibility index (Phi) is 4.45. The molecule has 0 radical (unpaired) electrons. The van der Waals surface area contributed by atoms with Gasteiger partial charge in [-0.2, -0.15) is 0 Å². The van der Waals surface area contributed by atoms with Crippen LogP contribution in [0.15, 0.2) is 12.4 Å². The molecule has 1 unspecified atom stereocenters. The van der Waals surface area contributed by atoms with Crippen molar-refractivity contribution in [3.63, 3.8) is 0 Å². The number of aryl methyl sites for hydroxylation is 1. The fourth-order valence-corrected chi connectivity index (χ4v) is 1.99. The third kappa shape index (κ3) is 3.58. The van der Waals surface area contributed by atoms with Gasteiger partial charge < -0.3 is 9.88 Å². The van der Waals surface area contributed by atoms with Crippen LogP contribution in [0.4, 0.5) is 0 Å². The number of hydrogen-bond acceptors (Lipinski definition) is 4. The summed E-state index contributed by atoms with van der Waals surface area (Å²) in [5, 5.41) is 3.11. The van der Waals surface area contributed by atoms with Crippen LogP contribution >= 0.6 is 0 Å². The standard InChI is InChI=1S/C9H18N4O2S/c1-8(9-12-4-6-13(9)3)11-5-7-16(14,15)10-2/h4,6,8,10-11H,5,7H2,1-3H3. The van der Waals surface area contributed by atoms with E-state index < -0.39 is 10.0 Å². The first kappa shape index (κ1) is 13.1. The van der Waals surface area contributed by atoms with Gasteiger partial charge in [0, 0.05) is 26.0 Å². The van der Waals surface area contributed by atoms with Crippen molar-refractivity contribution in [2.24, 2.45) is 7.05 Å². The summed E-state index contributed by atoms with van der Waals surface area (Å²) in [6, 6.07) is 0.0343. The quantitative estimate of drug-likeness (QED) is 0.717. The molecule has 1 aromatic rings. The van der Waals surface area contributed by atoms with Crippen LogP contribution in [0.5, 0.6) is 0 Å². The van der Waals surface area contributed by atoms with Crippen molar-refractivity contribution in [3.05, 3.63) is 18.2 Å². The molecule has 0 aliphatic carbocycles. The summed E-state index contributed by atoms with van der Waals surface area (Å²) in [5.41, 5.74) is 0. The van der Waals surface area contributed by atoms with Crippen molar-refractivity contribution in [1.82, 2.24) is 19.6 Å². The molecule has 16 heavy (non-hydrogen) atoms. The van der Waals surface area contributed by atoms with Crippen molar-refractivity contribution >= 4 is 10.0 Å². The molecular formula is C9H18N4O2S.